The fraction of sp³-hybridized carbons (Fsp3) is 0.333. The molecule has 132 valence electrons. The summed E-state index contributed by atoms with van der Waals surface area (Å²) in [6, 6.07) is 13.7. The van der Waals surface area contributed by atoms with Crippen molar-refractivity contribution in [1.82, 2.24) is 0 Å². The molecule has 0 bridgehead atoms. The van der Waals surface area contributed by atoms with E-state index < -0.39 is 0 Å². The quantitative estimate of drug-likeness (QED) is 0.856. The average molecular weight is 338 g/mol. The molecule has 25 heavy (non-hydrogen) atoms. The molecule has 0 saturated carbocycles. The number of nitrogens with one attached hydrogen (secondary N) is 1. The Hall–Kier alpha value is -2.62. The van der Waals surface area contributed by atoms with Gasteiger partial charge >= 0.3 is 0 Å². The van der Waals surface area contributed by atoms with E-state index in [2.05, 4.69) is 12.2 Å². The molecule has 0 aliphatic rings. The largest absolute Gasteiger partial charge is 0.326 e. The van der Waals surface area contributed by atoms with Crippen molar-refractivity contribution >= 4 is 23.2 Å². The van der Waals surface area contributed by atoms with E-state index in [1.165, 1.54) is 12.5 Å². The fourth-order valence-electron chi connectivity index (χ4n) is 2.69. The Morgan fingerprint density at radius 2 is 1.72 bits per heavy atom. The first-order valence-corrected chi connectivity index (χ1v) is 8.65. The molecule has 0 unspecified atom stereocenters. The maximum absolute atomic E-state index is 12.3. The monoisotopic (exact) mass is 338 g/mol. The van der Waals surface area contributed by atoms with Gasteiger partial charge in [-0.15, -0.1) is 0 Å². The summed E-state index contributed by atoms with van der Waals surface area (Å²) in [7, 11) is 0. The van der Waals surface area contributed by atoms with E-state index in [-0.39, 0.29) is 18.2 Å². The molecule has 0 aliphatic heterocycles. The summed E-state index contributed by atoms with van der Waals surface area (Å²) in [5.41, 5.74) is 5.07. The summed E-state index contributed by atoms with van der Waals surface area (Å²) >= 11 is 0. The summed E-state index contributed by atoms with van der Waals surface area (Å²) in [4.78, 5) is 25.9. The van der Waals surface area contributed by atoms with Crippen molar-refractivity contribution in [3.63, 3.8) is 0 Å². The van der Waals surface area contributed by atoms with Gasteiger partial charge in [-0.25, -0.2) is 0 Å². The molecular formula is C21H26N2O2. The van der Waals surface area contributed by atoms with Gasteiger partial charge < -0.3 is 10.2 Å². The van der Waals surface area contributed by atoms with Gasteiger partial charge in [0.2, 0.25) is 11.8 Å². The first kappa shape index (κ1) is 18.7. The van der Waals surface area contributed by atoms with Gasteiger partial charge in [-0.05, 0) is 55.2 Å². The van der Waals surface area contributed by atoms with Crippen LogP contribution >= 0.6 is 0 Å². The molecule has 1 N–H and O–H groups in total. The van der Waals surface area contributed by atoms with Gasteiger partial charge in [0.15, 0.2) is 0 Å². The maximum atomic E-state index is 12.3. The standard InChI is InChI=1S/C21H26N2O2/c1-5-18-9-11-19(12-10-18)23(17(4)24)14-13-21(25)22-20-8-6-7-15(2)16(20)3/h6-12H,5,13-14H2,1-4H3,(H,22,25). The summed E-state index contributed by atoms with van der Waals surface area (Å²) in [5, 5.41) is 2.94. The summed E-state index contributed by atoms with van der Waals surface area (Å²) < 4.78 is 0. The van der Waals surface area contributed by atoms with E-state index in [4.69, 9.17) is 0 Å². The van der Waals surface area contributed by atoms with Crippen molar-refractivity contribution in [2.24, 2.45) is 0 Å². The van der Waals surface area contributed by atoms with Crippen molar-refractivity contribution < 1.29 is 9.59 Å². The van der Waals surface area contributed by atoms with Gasteiger partial charge in [-0.1, -0.05) is 31.2 Å². The summed E-state index contributed by atoms with van der Waals surface area (Å²) in [6.45, 7) is 7.98. The van der Waals surface area contributed by atoms with Crippen LogP contribution in [0.5, 0.6) is 0 Å². The molecule has 0 aromatic heterocycles. The second kappa shape index (κ2) is 8.47. The minimum absolute atomic E-state index is 0.0659. The lowest BCUT2D eigenvalue weighted by molar-refractivity contribution is -0.117. The summed E-state index contributed by atoms with van der Waals surface area (Å²) in [5.74, 6) is -0.158. The first-order valence-electron chi connectivity index (χ1n) is 8.65. The highest BCUT2D eigenvalue weighted by molar-refractivity contribution is 5.95. The van der Waals surface area contributed by atoms with E-state index in [1.807, 2.05) is 56.3 Å². The molecule has 0 saturated heterocycles. The molecule has 4 nitrogen and oxygen atoms in total. The Morgan fingerprint density at radius 3 is 2.32 bits per heavy atom. The lowest BCUT2D eigenvalue weighted by Gasteiger charge is -2.21. The molecule has 0 heterocycles. The van der Waals surface area contributed by atoms with E-state index in [1.54, 1.807) is 4.90 Å². The SMILES string of the molecule is CCc1ccc(N(CCC(=O)Nc2cccc(C)c2C)C(C)=O)cc1. The third kappa shape index (κ3) is 4.92. The Labute approximate surface area is 149 Å². The maximum Gasteiger partial charge on any atom is 0.226 e. The van der Waals surface area contributed by atoms with Gasteiger partial charge in [0.05, 0.1) is 0 Å². The second-order valence-corrected chi connectivity index (χ2v) is 6.24. The highest BCUT2D eigenvalue weighted by Crippen LogP contribution is 2.19. The number of aryl methyl sites for hydroxylation is 2. The molecule has 4 heteroatoms. The molecule has 2 rings (SSSR count). The van der Waals surface area contributed by atoms with E-state index >= 15 is 0 Å². The molecule has 0 radical (unpaired) electrons. The first-order chi connectivity index (χ1) is 11.9. The van der Waals surface area contributed by atoms with Crippen LogP contribution in [0.4, 0.5) is 11.4 Å². The zero-order valence-corrected chi connectivity index (χ0v) is 15.4. The van der Waals surface area contributed by atoms with Crippen LogP contribution in [0.2, 0.25) is 0 Å². The highest BCUT2D eigenvalue weighted by Gasteiger charge is 2.14. The molecular weight excluding hydrogens is 312 g/mol. The van der Waals surface area contributed by atoms with Gasteiger partial charge in [0.1, 0.15) is 0 Å². The number of carbonyl (C=O) groups excluding carboxylic acids is 2. The van der Waals surface area contributed by atoms with Crippen LogP contribution in [0.3, 0.4) is 0 Å². The highest BCUT2D eigenvalue weighted by atomic mass is 16.2. The number of amides is 2. The van der Waals surface area contributed by atoms with Crippen molar-refractivity contribution in [1.29, 1.82) is 0 Å². The number of hydrogen-bond donors (Lipinski definition) is 1. The van der Waals surface area contributed by atoms with Crippen molar-refractivity contribution in [2.75, 3.05) is 16.8 Å². The van der Waals surface area contributed by atoms with Crippen molar-refractivity contribution in [2.45, 2.75) is 40.5 Å². The smallest absolute Gasteiger partial charge is 0.226 e. The second-order valence-electron chi connectivity index (χ2n) is 6.24. The van der Waals surface area contributed by atoms with E-state index in [0.29, 0.717) is 6.54 Å². The van der Waals surface area contributed by atoms with Gasteiger partial charge in [0, 0.05) is 31.3 Å². The Morgan fingerprint density at radius 1 is 1.04 bits per heavy atom. The van der Waals surface area contributed by atoms with Crippen molar-refractivity contribution in [3.8, 4) is 0 Å². The normalized spacial score (nSPS) is 10.4. The van der Waals surface area contributed by atoms with Gasteiger partial charge in [-0.3, -0.25) is 9.59 Å². The van der Waals surface area contributed by atoms with Crippen LogP contribution in [0, 0.1) is 13.8 Å². The molecule has 0 fully saturated rings. The van der Waals surface area contributed by atoms with Gasteiger partial charge in [0.25, 0.3) is 0 Å². The third-order valence-corrected chi connectivity index (χ3v) is 4.48. The minimum Gasteiger partial charge on any atom is -0.326 e. The van der Waals surface area contributed by atoms with Gasteiger partial charge in [-0.2, -0.15) is 0 Å². The Bertz CT molecular complexity index is 751. The topological polar surface area (TPSA) is 49.4 Å². The van der Waals surface area contributed by atoms with Crippen LogP contribution in [-0.4, -0.2) is 18.4 Å². The Balaban J connectivity index is 2.01. The molecule has 0 atom stereocenters. The molecule has 2 aromatic carbocycles. The van der Waals surface area contributed by atoms with Crippen LogP contribution in [0.25, 0.3) is 0 Å². The number of nitrogens with zero attached hydrogens (tertiary/aromatic N) is 1. The van der Waals surface area contributed by atoms with Crippen LogP contribution in [-0.2, 0) is 16.0 Å². The van der Waals surface area contributed by atoms with Crippen LogP contribution in [0.1, 0.15) is 37.0 Å². The number of rotatable bonds is 6. The third-order valence-electron chi connectivity index (χ3n) is 4.48. The van der Waals surface area contributed by atoms with E-state index in [9.17, 15) is 9.59 Å². The fourth-order valence-corrected chi connectivity index (χ4v) is 2.69. The lowest BCUT2D eigenvalue weighted by atomic mass is 10.1. The van der Waals surface area contributed by atoms with Crippen molar-refractivity contribution in [3.05, 3.63) is 59.2 Å². The number of hydrogen-bond acceptors (Lipinski definition) is 2. The van der Waals surface area contributed by atoms with E-state index in [0.717, 1.165) is 28.9 Å². The average Bonchev–Trinajstić information content (AvgIpc) is 2.59. The predicted molar refractivity (Wildman–Crippen MR) is 103 cm³/mol. The zero-order valence-electron chi connectivity index (χ0n) is 15.4. The lowest BCUT2D eigenvalue weighted by Crippen LogP contribution is -2.32. The summed E-state index contributed by atoms with van der Waals surface area (Å²) in [6.07, 6.45) is 1.21. The van der Waals surface area contributed by atoms with Crippen LogP contribution < -0.4 is 10.2 Å². The zero-order chi connectivity index (χ0) is 18.4. The molecule has 2 aromatic rings. The Kier molecular flexibility index (Phi) is 6.34. The minimum atomic E-state index is -0.0925. The number of anilines is 2. The predicted octanol–water partition coefficient (Wildman–Crippen LogP) is 4.25. The number of benzene rings is 2. The molecule has 2 amide bonds. The number of carbonyl (C=O) groups is 2. The molecule has 0 spiro atoms. The molecule has 0 aliphatic carbocycles. The van der Waals surface area contributed by atoms with Crippen LogP contribution in [0.15, 0.2) is 42.5 Å².